The molecule has 1 aromatic heterocycles. The monoisotopic (exact) mass is 389 g/mol. The fourth-order valence-corrected chi connectivity index (χ4v) is 3.72. The molecule has 6 nitrogen and oxygen atoms in total. The average Bonchev–Trinajstić information content (AvgIpc) is 2.96. The standard InChI is InChI=1S/C21H15N3O3S/c25-19(23-17-10-5-7-14-6-1-2-9-16(14)17)13-24-20(26)18(28-21(24)27)12-15-8-3-4-11-22-15/h1-12H,13H2,(H,23,25)/b18-12-. The second-order valence-corrected chi connectivity index (χ2v) is 7.09. The van der Waals surface area contributed by atoms with Gasteiger partial charge in [-0.2, -0.15) is 0 Å². The number of anilines is 1. The van der Waals surface area contributed by atoms with E-state index < -0.39 is 17.1 Å². The second kappa shape index (κ2) is 7.66. The molecule has 1 aliphatic heterocycles. The summed E-state index contributed by atoms with van der Waals surface area (Å²) in [7, 11) is 0. The summed E-state index contributed by atoms with van der Waals surface area (Å²) in [5, 5.41) is 4.20. The third kappa shape index (κ3) is 3.65. The number of fused-ring (bicyclic) bond motifs is 1. The minimum atomic E-state index is -0.492. The summed E-state index contributed by atoms with van der Waals surface area (Å²) in [5.74, 6) is -0.925. The van der Waals surface area contributed by atoms with E-state index >= 15 is 0 Å². The number of thioether (sulfide) groups is 1. The van der Waals surface area contributed by atoms with Gasteiger partial charge in [0.1, 0.15) is 6.54 Å². The van der Waals surface area contributed by atoms with Gasteiger partial charge in [-0.1, -0.05) is 42.5 Å². The van der Waals surface area contributed by atoms with Gasteiger partial charge in [0.2, 0.25) is 5.91 Å². The molecule has 0 unspecified atom stereocenters. The van der Waals surface area contributed by atoms with Gasteiger partial charge >= 0.3 is 0 Å². The molecular formula is C21H15N3O3S. The Balaban J connectivity index is 1.49. The van der Waals surface area contributed by atoms with Gasteiger partial charge in [0.15, 0.2) is 0 Å². The Kier molecular flexibility index (Phi) is 4.90. The van der Waals surface area contributed by atoms with E-state index in [9.17, 15) is 14.4 Å². The smallest absolute Gasteiger partial charge is 0.294 e. The number of imide groups is 1. The van der Waals surface area contributed by atoms with Crippen molar-refractivity contribution in [3.63, 3.8) is 0 Å². The number of amides is 3. The molecule has 0 atom stereocenters. The highest BCUT2D eigenvalue weighted by Crippen LogP contribution is 2.32. The Morgan fingerprint density at radius 1 is 1.04 bits per heavy atom. The van der Waals surface area contributed by atoms with Gasteiger partial charge in [0, 0.05) is 17.3 Å². The lowest BCUT2D eigenvalue weighted by molar-refractivity contribution is -0.127. The van der Waals surface area contributed by atoms with Crippen molar-refractivity contribution in [2.45, 2.75) is 0 Å². The maximum atomic E-state index is 12.5. The number of nitrogens with one attached hydrogen (secondary N) is 1. The molecule has 7 heteroatoms. The Morgan fingerprint density at radius 2 is 1.82 bits per heavy atom. The first-order chi connectivity index (χ1) is 13.6. The minimum Gasteiger partial charge on any atom is -0.324 e. The quantitative estimate of drug-likeness (QED) is 0.685. The van der Waals surface area contributed by atoms with E-state index in [2.05, 4.69) is 10.3 Å². The molecule has 28 heavy (non-hydrogen) atoms. The molecule has 3 amide bonds. The van der Waals surface area contributed by atoms with E-state index in [1.807, 2.05) is 36.4 Å². The Bertz CT molecular complexity index is 1110. The van der Waals surface area contributed by atoms with Crippen LogP contribution in [-0.4, -0.2) is 33.5 Å². The lowest BCUT2D eigenvalue weighted by Gasteiger charge is -2.13. The molecule has 0 aliphatic carbocycles. The van der Waals surface area contributed by atoms with Gasteiger partial charge in [0.05, 0.1) is 10.6 Å². The van der Waals surface area contributed by atoms with Crippen LogP contribution in [0.25, 0.3) is 16.8 Å². The molecule has 4 rings (SSSR count). The lowest BCUT2D eigenvalue weighted by Crippen LogP contribution is -2.36. The molecule has 0 spiro atoms. The number of aromatic nitrogens is 1. The molecular weight excluding hydrogens is 374 g/mol. The number of carbonyl (C=O) groups excluding carboxylic acids is 3. The van der Waals surface area contributed by atoms with Crippen molar-refractivity contribution in [2.75, 3.05) is 11.9 Å². The molecule has 2 aromatic carbocycles. The van der Waals surface area contributed by atoms with Crippen LogP contribution in [0.2, 0.25) is 0 Å². The average molecular weight is 389 g/mol. The molecule has 1 fully saturated rings. The third-order valence-electron chi connectivity index (χ3n) is 4.21. The number of benzene rings is 2. The van der Waals surface area contributed by atoms with Gasteiger partial charge in [-0.15, -0.1) is 0 Å². The maximum Gasteiger partial charge on any atom is 0.294 e. The van der Waals surface area contributed by atoms with E-state index in [1.54, 1.807) is 36.5 Å². The lowest BCUT2D eigenvalue weighted by atomic mass is 10.1. The predicted molar refractivity (Wildman–Crippen MR) is 109 cm³/mol. The van der Waals surface area contributed by atoms with Crippen molar-refractivity contribution >= 4 is 51.4 Å². The molecule has 2 heterocycles. The summed E-state index contributed by atoms with van der Waals surface area (Å²) in [4.78, 5) is 42.5. The van der Waals surface area contributed by atoms with Crippen LogP contribution >= 0.6 is 11.8 Å². The first kappa shape index (κ1) is 17.9. The van der Waals surface area contributed by atoms with Crippen molar-refractivity contribution in [3.8, 4) is 0 Å². The molecule has 0 saturated carbocycles. The molecule has 1 aliphatic rings. The molecule has 3 aromatic rings. The van der Waals surface area contributed by atoms with E-state index in [1.165, 1.54) is 0 Å². The summed E-state index contributed by atoms with van der Waals surface area (Å²) in [6.45, 7) is -0.340. The van der Waals surface area contributed by atoms with Crippen molar-refractivity contribution < 1.29 is 14.4 Å². The highest BCUT2D eigenvalue weighted by Gasteiger charge is 2.36. The summed E-state index contributed by atoms with van der Waals surface area (Å²) in [6.07, 6.45) is 3.15. The summed E-state index contributed by atoms with van der Waals surface area (Å²) >= 11 is 0.806. The Morgan fingerprint density at radius 3 is 2.64 bits per heavy atom. The zero-order valence-electron chi connectivity index (χ0n) is 14.7. The number of rotatable bonds is 4. The maximum absolute atomic E-state index is 12.5. The number of nitrogens with zero attached hydrogens (tertiary/aromatic N) is 2. The van der Waals surface area contributed by atoms with E-state index in [4.69, 9.17) is 0 Å². The van der Waals surface area contributed by atoms with Crippen LogP contribution in [-0.2, 0) is 9.59 Å². The van der Waals surface area contributed by atoms with Gasteiger partial charge in [-0.3, -0.25) is 24.3 Å². The van der Waals surface area contributed by atoms with Crippen LogP contribution in [0.3, 0.4) is 0 Å². The first-order valence-corrected chi connectivity index (χ1v) is 9.37. The van der Waals surface area contributed by atoms with Gasteiger partial charge in [-0.25, -0.2) is 0 Å². The van der Waals surface area contributed by atoms with Crippen molar-refractivity contribution in [3.05, 3.63) is 77.5 Å². The second-order valence-electron chi connectivity index (χ2n) is 6.10. The van der Waals surface area contributed by atoms with E-state index in [0.717, 1.165) is 27.4 Å². The van der Waals surface area contributed by atoms with Gasteiger partial charge < -0.3 is 5.32 Å². The Hall–Kier alpha value is -3.45. The van der Waals surface area contributed by atoms with E-state index in [0.29, 0.717) is 11.4 Å². The third-order valence-corrected chi connectivity index (χ3v) is 5.11. The van der Waals surface area contributed by atoms with Crippen molar-refractivity contribution in [2.24, 2.45) is 0 Å². The van der Waals surface area contributed by atoms with Crippen LogP contribution < -0.4 is 5.32 Å². The van der Waals surface area contributed by atoms with Crippen LogP contribution in [0.15, 0.2) is 71.8 Å². The van der Waals surface area contributed by atoms with Gasteiger partial charge in [0.25, 0.3) is 11.1 Å². The Labute approximate surface area is 165 Å². The number of hydrogen-bond donors (Lipinski definition) is 1. The topological polar surface area (TPSA) is 79.4 Å². The summed E-state index contributed by atoms with van der Waals surface area (Å²) in [6, 6.07) is 18.5. The van der Waals surface area contributed by atoms with Crippen LogP contribution in [0.1, 0.15) is 5.69 Å². The first-order valence-electron chi connectivity index (χ1n) is 8.56. The van der Waals surface area contributed by atoms with Crippen LogP contribution in [0, 0.1) is 0 Å². The number of hydrogen-bond acceptors (Lipinski definition) is 5. The highest BCUT2D eigenvalue weighted by molar-refractivity contribution is 8.18. The fourth-order valence-electron chi connectivity index (χ4n) is 2.90. The largest absolute Gasteiger partial charge is 0.324 e. The van der Waals surface area contributed by atoms with Gasteiger partial charge in [-0.05, 0) is 41.4 Å². The van der Waals surface area contributed by atoms with Crippen molar-refractivity contribution in [1.82, 2.24) is 9.88 Å². The highest BCUT2D eigenvalue weighted by atomic mass is 32.2. The molecule has 0 bridgehead atoms. The normalized spacial score (nSPS) is 15.4. The van der Waals surface area contributed by atoms with Crippen molar-refractivity contribution in [1.29, 1.82) is 0 Å². The molecule has 1 N–H and O–H groups in total. The molecule has 0 radical (unpaired) electrons. The predicted octanol–water partition coefficient (Wildman–Crippen LogP) is 3.91. The van der Waals surface area contributed by atoms with E-state index in [-0.39, 0.29) is 11.4 Å². The minimum absolute atomic E-state index is 0.252. The fraction of sp³-hybridized carbons (Fsp3) is 0.0476. The zero-order chi connectivity index (χ0) is 19.5. The summed E-state index contributed by atoms with van der Waals surface area (Å²) in [5.41, 5.74) is 1.22. The molecule has 138 valence electrons. The number of carbonyl (C=O) groups is 3. The molecule has 1 saturated heterocycles. The summed E-state index contributed by atoms with van der Waals surface area (Å²) < 4.78 is 0. The van der Waals surface area contributed by atoms with Crippen LogP contribution in [0.5, 0.6) is 0 Å². The SMILES string of the molecule is O=C(CN1C(=O)S/C(=C\c2ccccn2)C1=O)Nc1cccc2ccccc12. The van der Waals surface area contributed by atoms with Crippen LogP contribution in [0.4, 0.5) is 10.5 Å². The zero-order valence-corrected chi connectivity index (χ0v) is 15.5. The number of pyridine rings is 1.